The predicted octanol–water partition coefficient (Wildman–Crippen LogP) is 1.93. The molecule has 0 saturated carbocycles. The summed E-state index contributed by atoms with van der Waals surface area (Å²) in [7, 11) is 0. The summed E-state index contributed by atoms with van der Waals surface area (Å²) in [5.74, 6) is 0.871. The summed E-state index contributed by atoms with van der Waals surface area (Å²) in [4.78, 5) is 14.1. The molecule has 0 radical (unpaired) electrons. The van der Waals surface area contributed by atoms with Crippen LogP contribution in [0.4, 0.5) is 5.69 Å². The van der Waals surface area contributed by atoms with Gasteiger partial charge in [0.05, 0.1) is 12.3 Å². The quantitative estimate of drug-likeness (QED) is 0.889. The van der Waals surface area contributed by atoms with E-state index in [1.165, 1.54) is 0 Å². The highest BCUT2D eigenvalue weighted by atomic mass is 16.5. The average Bonchev–Trinajstić information content (AvgIpc) is 2.60. The van der Waals surface area contributed by atoms with Crippen molar-refractivity contribution in [1.82, 2.24) is 0 Å². The zero-order chi connectivity index (χ0) is 13.0. The Labute approximate surface area is 108 Å². The van der Waals surface area contributed by atoms with Gasteiger partial charge in [0.25, 0.3) is 0 Å². The second-order valence-corrected chi connectivity index (χ2v) is 4.59. The van der Waals surface area contributed by atoms with E-state index in [0.29, 0.717) is 19.6 Å². The molecule has 4 heteroatoms. The highest BCUT2D eigenvalue weighted by Gasteiger charge is 2.22. The molecule has 1 amide bonds. The first-order chi connectivity index (χ1) is 8.72. The lowest BCUT2D eigenvalue weighted by atomic mass is 10.1. The third-order valence-electron chi connectivity index (χ3n) is 3.20. The van der Waals surface area contributed by atoms with E-state index < -0.39 is 0 Å². The maximum Gasteiger partial charge on any atom is 0.228 e. The lowest BCUT2D eigenvalue weighted by Crippen LogP contribution is -2.36. The molecule has 98 valence electrons. The van der Waals surface area contributed by atoms with Crippen LogP contribution in [-0.4, -0.2) is 25.1 Å². The fraction of sp³-hybridized carbons (Fsp3) is 0.500. The van der Waals surface area contributed by atoms with Gasteiger partial charge < -0.3 is 15.4 Å². The fourth-order valence-electron chi connectivity index (χ4n) is 2.07. The average molecular weight is 248 g/mol. The second kappa shape index (κ2) is 5.87. The second-order valence-electron chi connectivity index (χ2n) is 4.59. The molecule has 0 aromatic heterocycles. The number of fused-ring (bicyclic) bond motifs is 1. The van der Waals surface area contributed by atoms with Crippen molar-refractivity contribution < 1.29 is 9.53 Å². The van der Waals surface area contributed by atoms with Gasteiger partial charge in [-0.25, -0.2) is 0 Å². The minimum Gasteiger partial charge on any atom is -0.491 e. The molecule has 18 heavy (non-hydrogen) atoms. The zero-order valence-corrected chi connectivity index (χ0v) is 10.8. The monoisotopic (exact) mass is 248 g/mol. The predicted molar refractivity (Wildman–Crippen MR) is 71.8 cm³/mol. The summed E-state index contributed by atoms with van der Waals surface area (Å²) in [5.41, 5.74) is 6.73. The molecule has 0 saturated heterocycles. The van der Waals surface area contributed by atoms with Gasteiger partial charge in [0.15, 0.2) is 0 Å². The molecule has 0 fully saturated rings. The van der Waals surface area contributed by atoms with Crippen molar-refractivity contribution in [3.8, 4) is 5.75 Å². The van der Waals surface area contributed by atoms with E-state index in [1.807, 2.05) is 31.2 Å². The van der Waals surface area contributed by atoms with Crippen LogP contribution in [0, 0.1) is 0 Å². The number of ether oxygens (including phenoxy) is 1. The summed E-state index contributed by atoms with van der Waals surface area (Å²) in [6.07, 6.45) is 2.06. The summed E-state index contributed by atoms with van der Waals surface area (Å²) >= 11 is 0. The molecule has 0 aliphatic carbocycles. The van der Waals surface area contributed by atoms with Crippen LogP contribution in [0.5, 0.6) is 5.75 Å². The van der Waals surface area contributed by atoms with Crippen molar-refractivity contribution in [2.24, 2.45) is 5.73 Å². The van der Waals surface area contributed by atoms with Gasteiger partial charge in [-0.1, -0.05) is 19.1 Å². The smallest absolute Gasteiger partial charge is 0.228 e. The van der Waals surface area contributed by atoms with Crippen molar-refractivity contribution in [3.63, 3.8) is 0 Å². The summed E-state index contributed by atoms with van der Waals surface area (Å²) in [5, 5.41) is 0. The number of amides is 1. The van der Waals surface area contributed by atoms with Crippen molar-refractivity contribution in [3.05, 3.63) is 24.3 Å². The molecule has 0 spiro atoms. The Morgan fingerprint density at radius 3 is 3.06 bits per heavy atom. The molecular formula is C14H20N2O2. The number of para-hydroxylation sites is 2. The lowest BCUT2D eigenvalue weighted by molar-refractivity contribution is -0.118. The minimum absolute atomic E-state index is 0.0613. The summed E-state index contributed by atoms with van der Waals surface area (Å²) in [6, 6.07) is 7.61. The van der Waals surface area contributed by atoms with Crippen LogP contribution in [0.25, 0.3) is 0 Å². The van der Waals surface area contributed by atoms with Crippen LogP contribution in [0.3, 0.4) is 0 Å². The maximum absolute atomic E-state index is 12.3. The van der Waals surface area contributed by atoms with E-state index >= 15 is 0 Å². The standard InChI is InChI=1S/C14H20N2O2/c1-2-11(15)10-14(17)16-8-5-9-18-13-7-4-3-6-12(13)16/h3-4,6-7,11H,2,5,8-10,15H2,1H3. The van der Waals surface area contributed by atoms with Gasteiger partial charge in [-0.15, -0.1) is 0 Å². The molecule has 1 aromatic rings. The minimum atomic E-state index is -0.0613. The van der Waals surface area contributed by atoms with Crippen molar-refractivity contribution in [1.29, 1.82) is 0 Å². The molecular weight excluding hydrogens is 228 g/mol. The molecule has 1 unspecified atom stereocenters. The van der Waals surface area contributed by atoms with Crippen molar-refractivity contribution in [2.75, 3.05) is 18.1 Å². The first-order valence-corrected chi connectivity index (χ1v) is 6.50. The van der Waals surface area contributed by atoms with Gasteiger partial charge in [0.2, 0.25) is 5.91 Å². The van der Waals surface area contributed by atoms with Crippen molar-refractivity contribution >= 4 is 11.6 Å². The summed E-state index contributed by atoms with van der Waals surface area (Å²) < 4.78 is 5.64. The maximum atomic E-state index is 12.3. The molecule has 1 heterocycles. The Kier molecular flexibility index (Phi) is 4.20. The molecule has 4 nitrogen and oxygen atoms in total. The van der Waals surface area contributed by atoms with Gasteiger partial charge in [-0.3, -0.25) is 4.79 Å². The molecule has 2 N–H and O–H groups in total. The zero-order valence-electron chi connectivity index (χ0n) is 10.8. The Balaban J connectivity index is 2.19. The van der Waals surface area contributed by atoms with Gasteiger partial charge in [-0.05, 0) is 25.0 Å². The number of carbonyl (C=O) groups excluding carboxylic acids is 1. The molecule has 1 aromatic carbocycles. The number of nitrogens with zero attached hydrogens (tertiary/aromatic N) is 1. The highest BCUT2D eigenvalue weighted by molar-refractivity contribution is 5.95. The fourth-order valence-corrected chi connectivity index (χ4v) is 2.07. The molecule has 1 aliphatic heterocycles. The first-order valence-electron chi connectivity index (χ1n) is 6.50. The van der Waals surface area contributed by atoms with Crippen LogP contribution in [0.1, 0.15) is 26.2 Å². The highest BCUT2D eigenvalue weighted by Crippen LogP contribution is 2.30. The topological polar surface area (TPSA) is 55.6 Å². The molecule has 1 atom stereocenters. The number of carbonyl (C=O) groups is 1. The number of hydrogen-bond donors (Lipinski definition) is 1. The van der Waals surface area contributed by atoms with Crippen molar-refractivity contribution in [2.45, 2.75) is 32.2 Å². The number of benzene rings is 1. The van der Waals surface area contributed by atoms with Gasteiger partial charge >= 0.3 is 0 Å². The molecule has 1 aliphatic rings. The number of nitrogens with two attached hydrogens (primary N) is 1. The van der Waals surface area contributed by atoms with E-state index in [1.54, 1.807) is 4.90 Å². The van der Waals surface area contributed by atoms with E-state index in [9.17, 15) is 4.79 Å². The Morgan fingerprint density at radius 1 is 1.50 bits per heavy atom. The SMILES string of the molecule is CCC(N)CC(=O)N1CCCOc2ccccc21. The van der Waals surface area contributed by atoms with Crippen LogP contribution >= 0.6 is 0 Å². The number of hydrogen-bond acceptors (Lipinski definition) is 3. The third kappa shape index (κ3) is 2.82. The lowest BCUT2D eigenvalue weighted by Gasteiger charge is -2.23. The Hall–Kier alpha value is -1.55. The summed E-state index contributed by atoms with van der Waals surface area (Å²) in [6.45, 7) is 3.35. The van der Waals surface area contributed by atoms with E-state index in [4.69, 9.17) is 10.5 Å². The first kappa shape index (κ1) is 12.9. The Morgan fingerprint density at radius 2 is 2.28 bits per heavy atom. The van der Waals surface area contributed by atoms with E-state index in [2.05, 4.69) is 0 Å². The van der Waals surface area contributed by atoms with Gasteiger partial charge in [0, 0.05) is 19.0 Å². The molecule has 2 rings (SSSR count). The van der Waals surface area contributed by atoms with Gasteiger partial charge in [-0.2, -0.15) is 0 Å². The normalized spacial score (nSPS) is 16.4. The Bertz CT molecular complexity index is 420. The molecule has 0 bridgehead atoms. The van der Waals surface area contributed by atoms with Crippen LogP contribution in [-0.2, 0) is 4.79 Å². The largest absolute Gasteiger partial charge is 0.491 e. The van der Waals surface area contributed by atoms with Gasteiger partial charge in [0.1, 0.15) is 5.75 Å². The van der Waals surface area contributed by atoms with Crippen LogP contribution in [0.15, 0.2) is 24.3 Å². The third-order valence-corrected chi connectivity index (χ3v) is 3.20. The number of anilines is 1. The van der Waals surface area contributed by atoms with E-state index in [0.717, 1.165) is 24.3 Å². The van der Waals surface area contributed by atoms with Crippen LogP contribution < -0.4 is 15.4 Å². The van der Waals surface area contributed by atoms with E-state index in [-0.39, 0.29) is 11.9 Å². The number of rotatable bonds is 3. The van der Waals surface area contributed by atoms with Crippen LogP contribution in [0.2, 0.25) is 0 Å².